The van der Waals surface area contributed by atoms with Crippen LogP contribution in [-0.2, 0) is 5.41 Å². The van der Waals surface area contributed by atoms with Crippen LogP contribution in [0.4, 0.5) is 17.1 Å². The van der Waals surface area contributed by atoms with Gasteiger partial charge in [0.2, 0.25) is 0 Å². The maximum atomic E-state index is 6.28. The predicted octanol–water partition coefficient (Wildman–Crippen LogP) is 12.4. The second kappa shape index (κ2) is 14.3. The lowest BCUT2D eigenvalue weighted by molar-refractivity contribution is 0.660. The number of hydrogen-bond donors (Lipinski definition) is 0. The van der Waals surface area contributed by atoms with Crippen LogP contribution in [0.5, 0.6) is 0 Å². The minimum Gasteiger partial charge on any atom is -0.456 e. The molecular weight excluding hydrogens is 743 g/mol. The van der Waals surface area contributed by atoms with E-state index >= 15 is 0 Å². The highest BCUT2D eigenvalue weighted by Crippen LogP contribution is 2.50. The van der Waals surface area contributed by atoms with Crippen LogP contribution in [0.15, 0.2) is 229 Å². The third-order valence-electron chi connectivity index (χ3n) is 12.8. The van der Waals surface area contributed by atoms with Gasteiger partial charge in [-0.2, -0.15) is 0 Å². The van der Waals surface area contributed by atoms with Gasteiger partial charge in [0.05, 0.1) is 0 Å². The average Bonchev–Trinajstić information content (AvgIpc) is 3.79. The third-order valence-corrected chi connectivity index (χ3v) is 17.6. The molecule has 1 aliphatic carbocycles. The maximum absolute atomic E-state index is 6.28. The Morgan fingerprint density at radius 2 is 0.850 bits per heavy atom. The monoisotopic (exact) mass is 785 g/mol. The first-order chi connectivity index (χ1) is 29.5. The highest BCUT2D eigenvalue weighted by atomic mass is 28.3. The molecule has 2 nitrogen and oxygen atoms in total. The normalized spacial score (nSPS) is 13.0. The quantitative estimate of drug-likeness (QED) is 0.113. The van der Waals surface area contributed by atoms with Gasteiger partial charge in [0.1, 0.15) is 11.2 Å². The summed E-state index contributed by atoms with van der Waals surface area (Å²) >= 11 is 0. The Hall–Kier alpha value is -7.20. The Morgan fingerprint density at radius 1 is 0.367 bits per heavy atom. The summed E-state index contributed by atoms with van der Waals surface area (Å²) in [6.45, 7) is 4.71. The molecular formula is C57H43NOSi. The topological polar surface area (TPSA) is 16.4 Å². The summed E-state index contributed by atoms with van der Waals surface area (Å²) in [5.74, 6) is 0. The molecule has 11 rings (SSSR count). The van der Waals surface area contributed by atoms with Crippen LogP contribution < -0.4 is 25.6 Å². The molecule has 0 amide bonds. The predicted molar refractivity (Wildman–Crippen MR) is 255 cm³/mol. The molecule has 0 bridgehead atoms. The number of rotatable bonds is 8. The van der Waals surface area contributed by atoms with Gasteiger partial charge in [-0.15, -0.1) is 0 Å². The van der Waals surface area contributed by atoms with Crippen molar-refractivity contribution in [2.24, 2.45) is 0 Å². The highest BCUT2D eigenvalue weighted by Gasteiger charge is 2.41. The van der Waals surface area contributed by atoms with Crippen molar-refractivity contribution in [2.45, 2.75) is 19.3 Å². The highest BCUT2D eigenvalue weighted by molar-refractivity contribution is 7.19. The standard InChI is InChI=1S/C57H43NOSi/c1-57(2)53-24-14-12-22-49(53)50-37-33-44(39-54(50)57)58(42-29-26-40(27-30-42)41-28-36-52-51-23-13-15-25-55(51)59-56(52)38-41)43-31-34-48(35-32-43)60(45-16-6-3-7-17-45,46-18-8-4-9-19-46)47-20-10-5-11-21-47/h3-39H,1-2H3. The van der Waals surface area contributed by atoms with Crippen molar-refractivity contribution in [3.8, 4) is 22.3 Å². The van der Waals surface area contributed by atoms with Gasteiger partial charge < -0.3 is 9.32 Å². The summed E-state index contributed by atoms with van der Waals surface area (Å²) < 4.78 is 6.28. The van der Waals surface area contributed by atoms with E-state index < -0.39 is 8.07 Å². The number of fused-ring (bicyclic) bond motifs is 6. The van der Waals surface area contributed by atoms with Gasteiger partial charge in [-0.3, -0.25) is 0 Å². The summed E-state index contributed by atoms with van der Waals surface area (Å²) in [6.07, 6.45) is 0. The van der Waals surface area contributed by atoms with Gasteiger partial charge in [-0.25, -0.2) is 0 Å². The second-order valence-electron chi connectivity index (χ2n) is 16.5. The molecule has 3 heteroatoms. The van der Waals surface area contributed by atoms with Crippen LogP contribution in [0.25, 0.3) is 44.2 Å². The van der Waals surface area contributed by atoms with Crippen molar-refractivity contribution >= 4 is 67.8 Å². The number of para-hydroxylation sites is 1. The Kier molecular flexibility index (Phi) is 8.54. The maximum Gasteiger partial charge on any atom is 0.179 e. The first-order valence-electron chi connectivity index (χ1n) is 20.8. The van der Waals surface area contributed by atoms with Gasteiger partial charge in [0.25, 0.3) is 0 Å². The largest absolute Gasteiger partial charge is 0.456 e. The fourth-order valence-electron chi connectivity index (χ4n) is 9.91. The number of hydrogen-bond acceptors (Lipinski definition) is 2. The van der Waals surface area contributed by atoms with E-state index in [0.717, 1.165) is 50.1 Å². The number of anilines is 3. The smallest absolute Gasteiger partial charge is 0.179 e. The van der Waals surface area contributed by atoms with E-state index in [0.29, 0.717) is 0 Å². The van der Waals surface area contributed by atoms with Crippen LogP contribution in [0.2, 0.25) is 0 Å². The third kappa shape index (κ3) is 5.69. The number of furan rings is 1. The molecule has 0 fully saturated rings. The zero-order chi connectivity index (χ0) is 40.3. The molecule has 1 heterocycles. The lowest BCUT2D eigenvalue weighted by atomic mass is 9.82. The summed E-state index contributed by atoms with van der Waals surface area (Å²) in [5.41, 5.74) is 12.7. The summed E-state index contributed by atoms with van der Waals surface area (Å²) in [7, 11) is -2.69. The molecule has 0 saturated carbocycles. The van der Waals surface area contributed by atoms with E-state index in [-0.39, 0.29) is 5.41 Å². The van der Waals surface area contributed by atoms with Crippen LogP contribution in [0.1, 0.15) is 25.0 Å². The first-order valence-corrected chi connectivity index (χ1v) is 22.8. The van der Waals surface area contributed by atoms with E-state index in [1.165, 1.54) is 43.0 Å². The summed E-state index contributed by atoms with van der Waals surface area (Å²) in [5, 5.41) is 7.72. The molecule has 0 N–H and O–H groups in total. The molecule has 60 heavy (non-hydrogen) atoms. The van der Waals surface area contributed by atoms with E-state index in [9.17, 15) is 0 Å². The summed E-state index contributed by atoms with van der Waals surface area (Å²) in [6, 6.07) is 82.6. The fourth-order valence-corrected chi connectivity index (χ4v) is 14.7. The molecule has 1 aromatic heterocycles. The van der Waals surface area contributed by atoms with Crippen molar-refractivity contribution in [1.82, 2.24) is 0 Å². The van der Waals surface area contributed by atoms with Crippen molar-refractivity contribution in [1.29, 1.82) is 0 Å². The van der Waals surface area contributed by atoms with E-state index in [1.807, 2.05) is 12.1 Å². The van der Waals surface area contributed by atoms with Gasteiger partial charge in [0, 0.05) is 33.2 Å². The van der Waals surface area contributed by atoms with Crippen LogP contribution in [-0.4, -0.2) is 8.07 Å². The van der Waals surface area contributed by atoms with Crippen molar-refractivity contribution in [3.05, 3.63) is 236 Å². The van der Waals surface area contributed by atoms with Gasteiger partial charge in [0.15, 0.2) is 8.07 Å². The molecule has 0 spiro atoms. The molecule has 286 valence electrons. The van der Waals surface area contributed by atoms with E-state index in [4.69, 9.17) is 4.42 Å². The lowest BCUT2D eigenvalue weighted by Gasteiger charge is -2.35. The second-order valence-corrected chi connectivity index (χ2v) is 20.3. The Labute approximate surface area is 352 Å². The Balaban J connectivity index is 1.06. The van der Waals surface area contributed by atoms with Crippen LogP contribution in [0.3, 0.4) is 0 Å². The fraction of sp³-hybridized carbons (Fsp3) is 0.0526. The molecule has 0 radical (unpaired) electrons. The number of benzene rings is 9. The van der Waals surface area contributed by atoms with Crippen LogP contribution >= 0.6 is 0 Å². The molecule has 0 saturated heterocycles. The van der Waals surface area contributed by atoms with Gasteiger partial charge in [-0.05, 0) is 109 Å². The Morgan fingerprint density at radius 3 is 1.50 bits per heavy atom. The molecule has 0 aliphatic heterocycles. The van der Waals surface area contributed by atoms with Crippen LogP contribution in [0, 0.1) is 0 Å². The zero-order valence-corrected chi connectivity index (χ0v) is 34.7. The minimum absolute atomic E-state index is 0.122. The zero-order valence-electron chi connectivity index (χ0n) is 33.7. The molecule has 0 atom stereocenters. The van der Waals surface area contributed by atoms with Crippen molar-refractivity contribution < 1.29 is 4.42 Å². The van der Waals surface area contributed by atoms with E-state index in [1.54, 1.807) is 0 Å². The average molecular weight is 786 g/mol. The molecule has 0 unspecified atom stereocenters. The Bertz CT molecular complexity index is 3050. The van der Waals surface area contributed by atoms with E-state index in [2.05, 4.69) is 231 Å². The molecule has 9 aromatic carbocycles. The van der Waals surface area contributed by atoms with Crippen molar-refractivity contribution in [2.75, 3.05) is 4.90 Å². The first kappa shape index (κ1) is 35.9. The van der Waals surface area contributed by atoms with Gasteiger partial charge in [-0.1, -0.05) is 184 Å². The molecule has 10 aromatic rings. The number of nitrogens with zero attached hydrogens (tertiary/aromatic N) is 1. The van der Waals surface area contributed by atoms with Gasteiger partial charge >= 0.3 is 0 Å². The summed E-state index contributed by atoms with van der Waals surface area (Å²) in [4.78, 5) is 2.42. The van der Waals surface area contributed by atoms with Crippen molar-refractivity contribution in [3.63, 3.8) is 0 Å². The lowest BCUT2D eigenvalue weighted by Crippen LogP contribution is -2.74. The molecule has 1 aliphatic rings. The SMILES string of the molecule is CC1(C)c2ccccc2-c2ccc(N(c3ccc(-c4ccc5c(c4)oc4ccccc45)cc3)c3ccc([Si](c4ccccc4)(c4ccccc4)c4ccccc4)cc3)cc21. The minimum atomic E-state index is -2.69.